The van der Waals surface area contributed by atoms with Crippen LogP contribution in [-0.2, 0) is 13.0 Å². The van der Waals surface area contributed by atoms with Crippen molar-refractivity contribution < 1.29 is 0 Å². The van der Waals surface area contributed by atoms with Crippen molar-refractivity contribution in [3.63, 3.8) is 0 Å². The highest BCUT2D eigenvalue weighted by Gasteiger charge is 2.23. The third-order valence-corrected chi connectivity index (χ3v) is 4.57. The molecule has 0 saturated heterocycles. The summed E-state index contributed by atoms with van der Waals surface area (Å²) in [4.78, 5) is 14.6. The Morgan fingerprint density at radius 3 is 3.09 bits per heavy atom. The van der Waals surface area contributed by atoms with Crippen LogP contribution in [0.5, 0.6) is 0 Å². The molecular formula is C17H16N6. The molecule has 4 aromatic rings. The predicted octanol–water partition coefficient (Wildman–Crippen LogP) is 2.48. The zero-order valence-electron chi connectivity index (χ0n) is 12.8. The first kappa shape index (κ1) is 12.6. The van der Waals surface area contributed by atoms with Crippen LogP contribution in [0.15, 0.2) is 36.7 Å². The summed E-state index contributed by atoms with van der Waals surface area (Å²) in [6, 6.07) is 10.6. The quantitative estimate of drug-likeness (QED) is 0.587. The Kier molecular flexibility index (Phi) is 2.50. The molecule has 1 aliphatic heterocycles. The van der Waals surface area contributed by atoms with E-state index in [1.165, 1.54) is 22.2 Å². The molecule has 1 aliphatic rings. The summed E-state index contributed by atoms with van der Waals surface area (Å²) >= 11 is 0. The van der Waals surface area contributed by atoms with E-state index in [9.17, 15) is 0 Å². The fourth-order valence-electron chi connectivity index (χ4n) is 3.50. The van der Waals surface area contributed by atoms with Crippen LogP contribution < -0.4 is 4.90 Å². The van der Waals surface area contributed by atoms with Gasteiger partial charge in [0.1, 0.15) is 12.1 Å². The maximum Gasteiger partial charge on any atom is 0.254 e. The maximum atomic E-state index is 4.43. The van der Waals surface area contributed by atoms with Gasteiger partial charge in [0.05, 0.1) is 0 Å². The minimum atomic E-state index is 0.657. The molecule has 6 nitrogen and oxygen atoms in total. The zero-order valence-corrected chi connectivity index (χ0v) is 12.8. The van der Waals surface area contributed by atoms with Crippen molar-refractivity contribution in [1.82, 2.24) is 24.6 Å². The number of fused-ring (bicyclic) bond motifs is 4. The second kappa shape index (κ2) is 4.55. The number of anilines is 1. The third-order valence-electron chi connectivity index (χ3n) is 4.57. The van der Waals surface area contributed by atoms with Crippen LogP contribution in [0.2, 0.25) is 0 Å². The Balaban J connectivity index is 1.64. The van der Waals surface area contributed by atoms with Gasteiger partial charge < -0.3 is 9.88 Å². The van der Waals surface area contributed by atoms with Crippen molar-refractivity contribution in [2.45, 2.75) is 19.9 Å². The standard InChI is InChI=1S/C17H16N6/c1-11-8-16(23-17(20-11)18-10-19-23)22-7-6-15-13(9-22)12-4-2-3-5-14(12)21-15/h2-5,8,10,21H,6-7,9H2,1H3. The Hall–Kier alpha value is -2.89. The van der Waals surface area contributed by atoms with Gasteiger partial charge in [-0.2, -0.15) is 14.6 Å². The first-order chi connectivity index (χ1) is 11.3. The maximum absolute atomic E-state index is 4.43. The van der Waals surface area contributed by atoms with Crippen molar-refractivity contribution >= 4 is 22.5 Å². The summed E-state index contributed by atoms with van der Waals surface area (Å²) in [5.74, 6) is 1.71. The molecule has 1 aromatic carbocycles. The summed E-state index contributed by atoms with van der Waals surface area (Å²) in [5, 5.41) is 5.65. The molecule has 3 aromatic heterocycles. The number of rotatable bonds is 1. The number of aromatic amines is 1. The van der Waals surface area contributed by atoms with Crippen molar-refractivity contribution in [2.75, 3.05) is 11.4 Å². The van der Waals surface area contributed by atoms with E-state index in [4.69, 9.17) is 0 Å². The van der Waals surface area contributed by atoms with Gasteiger partial charge in [0.2, 0.25) is 0 Å². The number of H-pyrrole nitrogens is 1. The molecule has 5 rings (SSSR count). The monoisotopic (exact) mass is 304 g/mol. The summed E-state index contributed by atoms with van der Waals surface area (Å²) in [7, 11) is 0. The molecule has 1 N–H and O–H groups in total. The summed E-state index contributed by atoms with van der Waals surface area (Å²) in [6.07, 6.45) is 2.56. The molecule has 0 spiro atoms. The fraction of sp³-hybridized carbons (Fsp3) is 0.235. The first-order valence-electron chi connectivity index (χ1n) is 7.80. The van der Waals surface area contributed by atoms with Gasteiger partial charge in [-0.1, -0.05) is 18.2 Å². The lowest BCUT2D eigenvalue weighted by Gasteiger charge is -2.29. The van der Waals surface area contributed by atoms with Crippen LogP contribution in [0.1, 0.15) is 17.0 Å². The van der Waals surface area contributed by atoms with E-state index < -0.39 is 0 Å². The molecule has 0 aliphatic carbocycles. The van der Waals surface area contributed by atoms with E-state index in [1.807, 2.05) is 11.4 Å². The molecule has 0 amide bonds. The SMILES string of the molecule is Cc1cc(N2CCc3[nH]c4ccccc4c3C2)n2ncnc2n1. The lowest BCUT2D eigenvalue weighted by atomic mass is 10.0. The van der Waals surface area contributed by atoms with Crippen molar-refractivity contribution in [2.24, 2.45) is 0 Å². The van der Waals surface area contributed by atoms with Crippen LogP contribution in [-0.4, -0.2) is 31.1 Å². The summed E-state index contributed by atoms with van der Waals surface area (Å²) in [5.41, 5.74) is 4.92. The molecule has 0 bridgehead atoms. The van der Waals surface area contributed by atoms with Crippen molar-refractivity contribution in [3.05, 3.63) is 53.6 Å². The molecule has 4 heterocycles. The zero-order chi connectivity index (χ0) is 15.4. The fourth-order valence-corrected chi connectivity index (χ4v) is 3.50. The molecule has 0 atom stereocenters. The number of hydrogen-bond acceptors (Lipinski definition) is 4. The Morgan fingerprint density at radius 2 is 2.13 bits per heavy atom. The molecule has 0 unspecified atom stereocenters. The van der Waals surface area contributed by atoms with Crippen LogP contribution in [0.25, 0.3) is 16.7 Å². The summed E-state index contributed by atoms with van der Waals surface area (Å²) in [6.45, 7) is 3.83. The highest BCUT2D eigenvalue weighted by Crippen LogP contribution is 2.30. The number of nitrogens with zero attached hydrogens (tertiary/aromatic N) is 5. The van der Waals surface area contributed by atoms with Gasteiger partial charge in [0.25, 0.3) is 5.78 Å². The number of para-hydroxylation sites is 1. The van der Waals surface area contributed by atoms with Crippen LogP contribution >= 0.6 is 0 Å². The lowest BCUT2D eigenvalue weighted by Crippen LogP contribution is -2.32. The normalized spacial score (nSPS) is 14.6. The van der Waals surface area contributed by atoms with E-state index in [2.05, 4.69) is 55.3 Å². The number of benzene rings is 1. The molecule has 114 valence electrons. The molecule has 0 saturated carbocycles. The molecule has 0 radical (unpaired) electrons. The highest BCUT2D eigenvalue weighted by atomic mass is 15.4. The van der Waals surface area contributed by atoms with Crippen LogP contribution in [0.4, 0.5) is 5.82 Å². The molecular weight excluding hydrogens is 288 g/mol. The van der Waals surface area contributed by atoms with Gasteiger partial charge in [-0.25, -0.2) is 4.98 Å². The second-order valence-electron chi connectivity index (χ2n) is 6.03. The van der Waals surface area contributed by atoms with E-state index >= 15 is 0 Å². The number of nitrogens with one attached hydrogen (secondary N) is 1. The average Bonchev–Trinajstić information content (AvgIpc) is 3.17. The first-order valence-corrected chi connectivity index (χ1v) is 7.80. The van der Waals surface area contributed by atoms with E-state index in [0.717, 1.165) is 31.0 Å². The average molecular weight is 304 g/mol. The van der Waals surface area contributed by atoms with Gasteiger partial charge in [-0.15, -0.1) is 0 Å². The predicted molar refractivity (Wildman–Crippen MR) is 88.6 cm³/mol. The van der Waals surface area contributed by atoms with Crippen molar-refractivity contribution in [3.8, 4) is 0 Å². The minimum Gasteiger partial charge on any atom is -0.358 e. The van der Waals surface area contributed by atoms with Gasteiger partial charge in [0.15, 0.2) is 0 Å². The van der Waals surface area contributed by atoms with Crippen molar-refractivity contribution in [1.29, 1.82) is 0 Å². The third kappa shape index (κ3) is 1.84. The number of aromatic nitrogens is 5. The van der Waals surface area contributed by atoms with Gasteiger partial charge in [0, 0.05) is 53.4 Å². The van der Waals surface area contributed by atoms with Crippen LogP contribution in [0, 0.1) is 6.92 Å². The molecule has 6 heteroatoms. The Labute approximate surface area is 132 Å². The number of aryl methyl sites for hydroxylation is 1. The minimum absolute atomic E-state index is 0.657. The molecule has 0 fully saturated rings. The van der Waals surface area contributed by atoms with Crippen LogP contribution in [0.3, 0.4) is 0 Å². The molecule has 23 heavy (non-hydrogen) atoms. The second-order valence-corrected chi connectivity index (χ2v) is 6.03. The van der Waals surface area contributed by atoms with E-state index in [1.54, 1.807) is 6.33 Å². The van der Waals surface area contributed by atoms with E-state index in [-0.39, 0.29) is 0 Å². The Morgan fingerprint density at radius 1 is 1.22 bits per heavy atom. The highest BCUT2D eigenvalue weighted by molar-refractivity contribution is 5.85. The largest absolute Gasteiger partial charge is 0.358 e. The van der Waals surface area contributed by atoms with Gasteiger partial charge in [-0.3, -0.25) is 0 Å². The topological polar surface area (TPSA) is 62.1 Å². The van der Waals surface area contributed by atoms with Gasteiger partial charge in [-0.05, 0) is 13.0 Å². The number of hydrogen-bond donors (Lipinski definition) is 1. The van der Waals surface area contributed by atoms with E-state index in [0.29, 0.717) is 5.78 Å². The van der Waals surface area contributed by atoms with Gasteiger partial charge >= 0.3 is 0 Å². The lowest BCUT2D eigenvalue weighted by molar-refractivity contribution is 0.698. The smallest absolute Gasteiger partial charge is 0.254 e. The summed E-state index contributed by atoms with van der Waals surface area (Å²) < 4.78 is 1.83. The Bertz CT molecular complexity index is 1030.